The van der Waals surface area contributed by atoms with E-state index in [-0.39, 0.29) is 5.91 Å². The minimum Gasteiger partial charge on any atom is -0.398 e. The van der Waals surface area contributed by atoms with Crippen LogP contribution in [0.3, 0.4) is 0 Å². The number of benzene rings is 1. The summed E-state index contributed by atoms with van der Waals surface area (Å²) in [6.07, 6.45) is 0. The number of hydrogen-bond donors (Lipinski definition) is 2. The number of nitrogens with one attached hydrogen (secondary N) is 1. The lowest BCUT2D eigenvalue weighted by molar-refractivity contribution is 0.102. The van der Waals surface area contributed by atoms with Crippen molar-refractivity contribution in [2.45, 2.75) is 13.8 Å². The predicted octanol–water partition coefficient (Wildman–Crippen LogP) is 3.20. The van der Waals surface area contributed by atoms with Crippen LogP contribution in [0.5, 0.6) is 0 Å². The van der Waals surface area contributed by atoms with Gasteiger partial charge in [0.15, 0.2) is 0 Å². The number of rotatable bonds is 2. The molecule has 17 heavy (non-hydrogen) atoms. The van der Waals surface area contributed by atoms with Gasteiger partial charge in [0, 0.05) is 16.8 Å². The Bertz CT molecular complexity index is 560. The molecule has 3 N–H and O–H groups in total. The van der Waals surface area contributed by atoms with Gasteiger partial charge in [-0.2, -0.15) is 11.3 Å². The van der Waals surface area contributed by atoms with Crippen molar-refractivity contribution in [3.05, 3.63) is 45.6 Å². The largest absolute Gasteiger partial charge is 0.398 e. The van der Waals surface area contributed by atoms with Crippen LogP contribution >= 0.6 is 11.3 Å². The first-order valence-electron chi connectivity index (χ1n) is 5.29. The van der Waals surface area contributed by atoms with Gasteiger partial charge in [-0.05, 0) is 42.5 Å². The van der Waals surface area contributed by atoms with E-state index in [1.807, 2.05) is 42.8 Å². The molecule has 0 saturated heterocycles. The molecule has 88 valence electrons. The lowest BCUT2D eigenvalue weighted by Gasteiger charge is -2.09. The number of amides is 1. The topological polar surface area (TPSA) is 55.1 Å². The number of carbonyl (C=O) groups is 1. The zero-order valence-electron chi connectivity index (χ0n) is 9.78. The van der Waals surface area contributed by atoms with Crippen molar-refractivity contribution in [1.29, 1.82) is 0 Å². The minimum absolute atomic E-state index is 0.0857. The third-order valence-corrected chi connectivity index (χ3v) is 3.59. The molecule has 2 rings (SSSR count). The quantitative estimate of drug-likeness (QED) is 0.799. The van der Waals surface area contributed by atoms with Crippen molar-refractivity contribution < 1.29 is 4.79 Å². The maximum absolute atomic E-state index is 12.0. The second-order valence-corrected chi connectivity index (χ2v) is 4.69. The molecule has 1 aromatic heterocycles. The third kappa shape index (κ3) is 2.31. The van der Waals surface area contributed by atoms with Crippen molar-refractivity contribution in [1.82, 2.24) is 0 Å². The van der Waals surface area contributed by atoms with Crippen molar-refractivity contribution in [3.63, 3.8) is 0 Å². The average molecular weight is 246 g/mol. The van der Waals surface area contributed by atoms with E-state index in [0.29, 0.717) is 5.69 Å². The predicted molar refractivity (Wildman–Crippen MR) is 72.6 cm³/mol. The summed E-state index contributed by atoms with van der Waals surface area (Å²) in [6.45, 7) is 3.82. The maximum atomic E-state index is 12.0. The van der Waals surface area contributed by atoms with Gasteiger partial charge in [0.05, 0.1) is 5.56 Å². The normalized spacial score (nSPS) is 10.2. The highest BCUT2D eigenvalue weighted by molar-refractivity contribution is 7.08. The summed E-state index contributed by atoms with van der Waals surface area (Å²) in [5.74, 6) is -0.0857. The molecule has 0 saturated carbocycles. The van der Waals surface area contributed by atoms with Crippen LogP contribution in [0.4, 0.5) is 11.4 Å². The molecular weight excluding hydrogens is 232 g/mol. The Morgan fingerprint density at radius 2 is 2.06 bits per heavy atom. The van der Waals surface area contributed by atoms with Crippen LogP contribution in [-0.4, -0.2) is 5.91 Å². The van der Waals surface area contributed by atoms with Crippen molar-refractivity contribution in [2.24, 2.45) is 0 Å². The van der Waals surface area contributed by atoms with E-state index in [4.69, 9.17) is 5.73 Å². The van der Waals surface area contributed by atoms with Crippen LogP contribution in [-0.2, 0) is 0 Å². The molecule has 1 amide bonds. The standard InChI is InChI=1S/C13H14N2OS/c1-8-6-17-7-10(8)13(16)15-12-5-3-4-11(14)9(12)2/h3-7H,14H2,1-2H3,(H,15,16). The fraction of sp³-hybridized carbons (Fsp3) is 0.154. The molecule has 0 bridgehead atoms. The summed E-state index contributed by atoms with van der Waals surface area (Å²) in [5, 5.41) is 6.69. The van der Waals surface area contributed by atoms with Crippen molar-refractivity contribution in [3.8, 4) is 0 Å². The molecule has 1 heterocycles. The number of nitrogen functional groups attached to an aromatic ring is 1. The number of anilines is 2. The summed E-state index contributed by atoms with van der Waals surface area (Å²) in [7, 11) is 0. The van der Waals surface area contributed by atoms with E-state index >= 15 is 0 Å². The van der Waals surface area contributed by atoms with Crippen LogP contribution in [0, 0.1) is 13.8 Å². The number of nitrogens with two attached hydrogens (primary N) is 1. The summed E-state index contributed by atoms with van der Waals surface area (Å²) in [4.78, 5) is 12.0. The number of carbonyl (C=O) groups excluding carboxylic acids is 1. The molecule has 0 aliphatic heterocycles. The molecule has 3 nitrogen and oxygen atoms in total. The molecule has 4 heteroatoms. The van der Waals surface area contributed by atoms with Gasteiger partial charge < -0.3 is 11.1 Å². The molecular formula is C13H14N2OS. The first-order chi connectivity index (χ1) is 8.09. The lowest BCUT2D eigenvalue weighted by Crippen LogP contribution is -2.13. The van der Waals surface area contributed by atoms with Gasteiger partial charge in [0.2, 0.25) is 0 Å². The zero-order chi connectivity index (χ0) is 12.4. The fourth-order valence-electron chi connectivity index (χ4n) is 1.57. The van der Waals surface area contributed by atoms with E-state index in [2.05, 4.69) is 5.32 Å². The van der Waals surface area contributed by atoms with Gasteiger partial charge >= 0.3 is 0 Å². The molecule has 0 atom stereocenters. The average Bonchev–Trinajstić information content (AvgIpc) is 2.71. The summed E-state index contributed by atoms with van der Waals surface area (Å²) in [5.41, 5.74) is 9.86. The Hall–Kier alpha value is -1.81. The van der Waals surface area contributed by atoms with E-state index < -0.39 is 0 Å². The van der Waals surface area contributed by atoms with Crippen LogP contribution in [0.15, 0.2) is 29.0 Å². The molecule has 0 aliphatic rings. The van der Waals surface area contributed by atoms with E-state index in [9.17, 15) is 4.79 Å². The van der Waals surface area contributed by atoms with E-state index in [1.165, 1.54) is 11.3 Å². The molecule has 0 fully saturated rings. The van der Waals surface area contributed by atoms with Crippen molar-refractivity contribution in [2.75, 3.05) is 11.1 Å². The van der Waals surface area contributed by atoms with Crippen molar-refractivity contribution >= 4 is 28.6 Å². The monoisotopic (exact) mass is 246 g/mol. The molecule has 0 unspecified atom stereocenters. The van der Waals surface area contributed by atoms with Gasteiger partial charge in [0.25, 0.3) is 5.91 Å². The molecule has 0 spiro atoms. The minimum atomic E-state index is -0.0857. The van der Waals surface area contributed by atoms with E-state index in [0.717, 1.165) is 22.4 Å². The Labute approximate surface area is 104 Å². The number of hydrogen-bond acceptors (Lipinski definition) is 3. The SMILES string of the molecule is Cc1cscc1C(=O)Nc1cccc(N)c1C. The first-order valence-corrected chi connectivity index (χ1v) is 6.23. The molecule has 2 aromatic rings. The van der Waals surface area contributed by atoms with Crippen LogP contribution in [0.2, 0.25) is 0 Å². The summed E-state index contributed by atoms with van der Waals surface area (Å²) >= 11 is 1.53. The third-order valence-electron chi connectivity index (χ3n) is 2.72. The Morgan fingerprint density at radius 1 is 1.29 bits per heavy atom. The second-order valence-electron chi connectivity index (χ2n) is 3.94. The zero-order valence-corrected chi connectivity index (χ0v) is 10.6. The highest BCUT2D eigenvalue weighted by Crippen LogP contribution is 2.22. The van der Waals surface area contributed by atoms with Crippen LogP contribution < -0.4 is 11.1 Å². The Morgan fingerprint density at radius 3 is 2.71 bits per heavy atom. The molecule has 0 radical (unpaired) electrons. The van der Waals surface area contributed by atoms with E-state index in [1.54, 1.807) is 0 Å². The summed E-state index contributed by atoms with van der Waals surface area (Å²) < 4.78 is 0. The lowest BCUT2D eigenvalue weighted by atomic mass is 10.1. The van der Waals surface area contributed by atoms with Gasteiger partial charge in [-0.25, -0.2) is 0 Å². The first kappa shape index (κ1) is 11.7. The Kier molecular flexibility index (Phi) is 3.15. The van der Waals surface area contributed by atoms with Crippen LogP contribution in [0.25, 0.3) is 0 Å². The molecule has 1 aromatic carbocycles. The number of thiophene rings is 1. The number of aryl methyl sites for hydroxylation is 1. The Balaban J connectivity index is 2.25. The fourth-order valence-corrected chi connectivity index (χ4v) is 2.40. The smallest absolute Gasteiger partial charge is 0.256 e. The van der Waals surface area contributed by atoms with Gasteiger partial charge in [-0.3, -0.25) is 4.79 Å². The highest BCUT2D eigenvalue weighted by Gasteiger charge is 2.11. The second kappa shape index (κ2) is 4.59. The van der Waals surface area contributed by atoms with Gasteiger partial charge in [0.1, 0.15) is 0 Å². The maximum Gasteiger partial charge on any atom is 0.256 e. The van der Waals surface area contributed by atoms with Gasteiger partial charge in [-0.15, -0.1) is 0 Å². The summed E-state index contributed by atoms with van der Waals surface area (Å²) in [6, 6.07) is 5.50. The molecule has 0 aliphatic carbocycles. The van der Waals surface area contributed by atoms with Crippen LogP contribution in [0.1, 0.15) is 21.5 Å². The highest BCUT2D eigenvalue weighted by atomic mass is 32.1. The van der Waals surface area contributed by atoms with Gasteiger partial charge in [-0.1, -0.05) is 6.07 Å².